The second-order valence-corrected chi connectivity index (χ2v) is 7.45. The van der Waals surface area contributed by atoms with Crippen LogP contribution in [0.5, 0.6) is 0 Å². The molecule has 3 aromatic heterocycles. The van der Waals surface area contributed by atoms with Gasteiger partial charge in [-0.1, -0.05) is 0 Å². The summed E-state index contributed by atoms with van der Waals surface area (Å²) in [4.78, 5) is 11.9. The van der Waals surface area contributed by atoms with Gasteiger partial charge in [-0.3, -0.25) is 0 Å². The monoisotopic (exact) mass is 356 g/mol. The second-order valence-electron chi connectivity index (χ2n) is 7.45. The predicted octanol–water partition coefficient (Wildman–Crippen LogP) is 0.840. The lowest BCUT2D eigenvalue weighted by atomic mass is 10.1. The number of anilines is 1. The van der Waals surface area contributed by atoms with Gasteiger partial charge in [0.15, 0.2) is 11.5 Å². The van der Waals surface area contributed by atoms with Crippen LogP contribution in [0.15, 0.2) is 12.7 Å². The molecule has 2 fully saturated rings. The summed E-state index contributed by atoms with van der Waals surface area (Å²) < 4.78 is 9.91. The molecule has 26 heavy (non-hydrogen) atoms. The zero-order valence-corrected chi connectivity index (χ0v) is 15.2. The largest absolute Gasteiger partial charge is 0.376 e. The minimum absolute atomic E-state index is 0.244. The maximum Gasteiger partial charge on any atom is 0.258 e. The van der Waals surface area contributed by atoms with Gasteiger partial charge in [0.05, 0.1) is 19.0 Å². The van der Waals surface area contributed by atoms with Crippen LogP contribution in [-0.4, -0.2) is 67.0 Å². The Morgan fingerprint density at radius 2 is 2.23 bits per heavy atom. The molecule has 0 saturated carbocycles. The maximum atomic E-state index is 5.82. The van der Waals surface area contributed by atoms with Crippen molar-refractivity contribution in [3.63, 3.8) is 0 Å². The van der Waals surface area contributed by atoms with E-state index < -0.39 is 0 Å². The fraction of sp³-hybridized carbons (Fsp3) is 0.647. The van der Waals surface area contributed by atoms with Crippen molar-refractivity contribution >= 4 is 22.8 Å². The van der Waals surface area contributed by atoms with E-state index in [0.29, 0.717) is 17.9 Å². The lowest BCUT2D eigenvalue weighted by molar-refractivity contribution is 0.0977. The van der Waals surface area contributed by atoms with Crippen molar-refractivity contribution in [3.05, 3.63) is 12.7 Å². The highest BCUT2D eigenvalue weighted by atomic mass is 16.5. The smallest absolute Gasteiger partial charge is 0.258 e. The molecular formula is C17H24N8O. The van der Waals surface area contributed by atoms with Crippen LogP contribution in [0.1, 0.15) is 26.7 Å². The molecule has 0 unspecified atom stereocenters. The number of aromatic nitrogens is 6. The molecule has 9 heteroatoms. The van der Waals surface area contributed by atoms with Crippen LogP contribution >= 0.6 is 0 Å². The third kappa shape index (κ3) is 2.53. The Morgan fingerprint density at radius 3 is 3.08 bits per heavy atom. The molecule has 0 spiro atoms. The Kier molecular flexibility index (Phi) is 3.79. The van der Waals surface area contributed by atoms with Crippen LogP contribution in [0.3, 0.4) is 0 Å². The summed E-state index contributed by atoms with van der Waals surface area (Å²) in [6.07, 6.45) is 6.07. The molecule has 2 aliphatic rings. The van der Waals surface area contributed by atoms with Crippen molar-refractivity contribution in [1.29, 1.82) is 0 Å². The topological polar surface area (TPSA) is 85.4 Å². The summed E-state index contributed by atoms with van der Waals surface area (Å²) in [5, 5.41) is 11.8. The van der Waals surface area contributed by atoms with Gasteiger partial charge >= 0.3 is 0 Å². The van der Waals surface area contributed by atoms with Gasteiger partial charge in [0.2, 0.25) is 0 Å². The molecular weight excluding hydrogens is 332 g/mol. The van der Waals surface area contributed by atoms with E-state index in [1.807, 2.05) is 10.7 Å². The number of imidazole rings is 1. The molecule has 0 amide bonds. The van der Waals surface area contributed by atoms with E-state index in [-0.39, 0.29) is 6.10 Å². The molecule has 5 rings (SSSR count). The molecule has 138 valence electrons. The van der Waals surface area contributed by atoms with E-state index in [1.165, 1.54) is 0 Å². The fourth-order valence-electron chi connectivity index (χ4n) is 4.05. The van der Waals surface area contributed by atoms with Gasteiger partial charge in [-0.25, -0.2) is 9.38 Å². The van der Waals surface area contributed by atoms with Crippen molar-refractivity contribution in [1.82, 2.24) is 34.4 Å². The molecule has 2 saturated heterocycles. The standard InChI is InChI=1S/C17H24N8O/c1-11-7-24(12(2)6-18-11)15-14-16(25-10-20-22-17(25)21-15)23(9-19-14)8-13-4-3-5-26-13/h9-13,18H,3-8H2,1-2H3/t11-,12+,13+/m1/s1. The molecule has 3 aromatic rings. The number of piperazine rings is 1. The summed E-state index contributed by atoms with van der Waals surface area (Å²) in [6, 6.07) is 0.752. The van der Waals surface area contributed by atoms with Gasteiger partial charge in [-0.05, 0) is 26.7 Å². The number of fused-ring (bicyclic) bond motifs is 3. The van der Waals surface area contributed by atoms with E-state index >= 15 is 0 Å². The van der Waals surface area contributed by atoms with Gasteiger partial charge in [0, 0.05) is 31.8 Å². The molecule has 5 heterocycles. The average Bonchev–Trinajstić information content (AvgIpc) is 3.37. The first kappa shape index (κ1) is 16.0. The van der Waals surface area contributed by atoms with Crippen molar-refractivity contribution in [2.45, 2.75) is 51.4 Å². The third-order valence-electron chi connectivity index (χ3n) is 5.45. The Labute approximate surface area is 151 Å². The van der Waals surface area contributed by atoms with Crippen LogP contribution in [0.4, 0.5) is 5.82 Å². The van der Waals surface area contributed by atoms with Gasteiger partial charge < -0.3 is 19.5 Å². The lowest BCUT2D eigenvalue weighted by Gasteiger charge is -2.38. The van der Waals surface area contributed by atoms with Crippen LogP contribution in [0.2, 0.25) is 0 Å². The third-order valence-corrected chi connectivity index (χ3v) is 5.45. The summed E-state index contributed by atoms with van der Waals surface area (Å²) >= 11 is 0. The number of hydrogen-bond donors (Lipinski definition) is 1. The predicted molar refractivity (Wildman–Crippen MR) is 97.3 cm³/mol. The van der Waals surface area contributed by atoms with Gasteiger partial charge in [0.25, 0.3) is 5.78 Å². The van der Waals surface area contributed by atoms with Crippen LogP contribution in [-0.2, 0) is 11.3 Å². The molecule has 2 aliphatic heterocycles. The minimum atomic E-state index is 0.244. The summed E-state index contributed by atoms with van der Waals surface area (Å²) in [6.45, 7) is 7.87. The molecule has 0 bridgehead atoms. The highest BCUT2D eigenvalue weighted by Crippen LogP contribution is 2.28. The lowest BCUT2D eigenvalue weighted by Crippen LogP contribution is -2.54. The number of rotatable bonds is 3. The quantitative estimate of drug-likeness (QED) is 0.744. The highest BCUT2D eigenvalue weighted by molar-refractivity contribution is 5.86. The van der Waals surface area contributed by atoms with Crippen molar-refractivity contribution in [3.8, 4) is 0 Å². The first-order valence-electron chi connectivity index (χ1n) is 9.37. The normalized spacial score (nSPS) is 27.0. The van der Waals surface area contributed by atoms with Crippen molar-refractivity contribution in [2.75, 3.05) is 24.6 Å². The first-order chi connectivity index (χ1) is 12.7. The van der Waals surface area contributed by atoms with Crippen LogP contribution in [0.25, 0.3) is 16.9 Å². The first-order valence-corrected chi connectivity index (χ1v) is 9.37. The Bertz CT molecular complexity index is 928. The molecule has 0 aliphatic carbocycles. The maximum absolute atomic E-state index is 5.82. The van der Waals surface area contributed by atoms with Crippen LogP contribution < -0.4 is 10.2 Å². The number of nitrogens with zero attached hydrogens (tertiary/aromatic N) is 7. The molecule has 0 aromatic carbocycles. The Hall–Kier alpha value is -2.26. The van der Waals surface area contributed by atoms with Gasteiger partial charge in [-0.2, -0.15) is 4.98 Å². The average molecular weight is 356 g/mol. The van der Waals surface area contributed by atoms with E-state index in [9.17, 15) is 0 Å². The van der Waals surface area contributed by atoms with E-state index in [0.717, 1.165) is 56.1 Å². The highest BCUT2D eigenvalue weighted by Gasteiger charge is 2.28. The summed E-state index contributed by atoms with van der Waals surface area (Å²) in [5.41, 5.74) is 1.89. The molecule has 9 nitrogen and oxygen atoms in total. The Balaban J connectivity index is 1.65. The van der Waals surface area contributed by atoms with E-state index in [2.05, 4.69) is 38.8 Å². The van der Waals surface area contributed by atoms with Crippen LogP contribution in [0, 0.1) is 0 Å². The SMILES string of the molecule is C[C@@H]1CN(c2nc3nncn3c3c2ncn3C[C@@H]2CCCO2)[C@@H](C)CN1. The zero-order chi connectivity index (χ0) is 17.7. The van der Waals surface area contributed by atoms with Crippen molar-refractivity contribution in [2.24, 2.45) is 0 Å². The summed E-state index contributed by atoms with van der Waals surface area (Å²) in [5.74, 6) is 1.51. The molecule has 0 radical (unpaired) electrons. The fourth-order valence-corrected chi connectivity index (χ4v) is 4.05. The van der Waals surface area contributed by atoms with E-state index in [1.54, 1.807) is 6.33 Å². The Morgan fingerprint density at radius 1 is 1.31 bits per heavy atom. The van der Waals surface area contributed by atoms with Gasteiger partial charge in [-0.15, -0.1) is 10.2 Å². The van der Waals surface area contributed by atoms with Crippen molar-refractivity contribution < 1.29 is 4.74 Å². The summed E-state index contributed by atoms with van der Waals surface area (Å²) in [7, 11) is 0. The minimum Gasteiger partial charge on any atom is -0.376 e. The number of hydrogen-bond acceptors (Lipinski definition) is 7. The van der Waals surface area contributed by atoms with Gasteiger partial charge in [0.1, 0.15) is 11.8 Å². The molecule has 1 N–H and O–H groups in total. The van der Waals surface area contributed by atoms with E-state index in [4.69, 9.17) is 14.7 Å². The second kappa shape index (κ2) is 6.17. The zero-order valence-electron chi connectivity index (χ0n) is 15.2. The molecule has 3 atom stereocenters. The number of nitrogens with one attached hydrogen (secondary N) is 1. The number of ether oxygens (including phenoxy) is 1.